The average Bonchev–Trinajstić information content (AvgIpc) is 3.74. The molecular formula is C40H43NS2. The van der Waals surface area contributed by atoms with Gasteiger partial charge in [0.2, 0.25) is 0 Å². The van der Waals surface area contributed by atoms with Crippen molar-refractivity contribution in [2.75, 3.05) is 0 Å². The molecule has 10 unspecified atom stereocenters. The van der Waals surface area contributed by atoms with Crippen LogP contribution < -0.4 is 0 Å². The van der Waals surface area contributed by atoms with Crippen LogP contribution in [0.3, 0.4) is 0 Å². The van der Waals surface area contributed by atoms with Gasteiger partial charge in [-0.2, -0.15) is 0 Å². The summed E-state index contributed by atoms with van der Waals surface area (Å²) in [6.07, 6.45) is 46.1. The molecule has 10 atom stereocenters. The normalized spacial score (nSPS) is 43.3. The molecule has 0 aromatic heterocycles. The summed E-state index contributed by atoms with van der Waals surface area (Å²) < 4.78 is 0. The van der Waals surface area contributed by atoms with E-state index in [-0.39, 0.29) is 0 Å². The summed E-state index contributed by atoms with van der Waals surface area (Å²) in [5.74, 6) is 4.89. The van der Waals surface area contributed by atoms with Crippen LogP contribution in [0, 0.1) is 41.4 Å². The van der Waals surface area contributed by atoms with Gasteiger partial charge in [-0.05, 0) is 115 Å². The molecule has 3 heteroatoms. The van der Waals surface area contributed by atoms with Crippen molar-refractivity contribution in [2.24, 2.45) is 41.4 Å². The maximum absolute atomic E-state index is 2.93. The minimum Gasteiger partial charge on any atom is -0.344 e. The number of thioether (sulfide) groups is 2. The van der Waals surface area contributed by atoms with Crippen LogP contribution in [0.2, 0.25) is 0 Å². The van der Waals surface area contributed by atoms with Gasteiger partial charge in [0.15, 0.2) is 0 Å². The van der Waals surface area contributed by atoms with Crippen LogP contribution in [0.15, 0.2) is 117 Å². The third-order valence-electron chi connectivity index (χ3n) is 12.6. The molecule has 0 radical (unpaired) electrons. The van der Waals surface area contributed by atoms with E-state index in [2.05, 4.69) is 107 Å². The number of rotatable bonds is 2. The SMILES string of the molecule is C1=CC2C3=C(CCC=C3)SC2C(C2=CC=C(N3C4=CCCCC4C4C=CC5C(C=CC6SC7=CCCCC7C65)C43)CC2)=C1. The highest BCUT2D eigenvalue weighted by Crippen LogP contribution is 2.62. The van der Waals surface area contributed by atoms with Crippen LogP contribution in [0.1, 0.15) is 64.2 Å². The highest BCUT2D eigenvalue weighted by molar-refractivity contribution is 8.04. The lowest BCUT2D eigenvalue weighted by Crippen LogP contribution is -2.47. The fraction of sp³-hybridized carbons (Fsp3) is 0.500. The van der Waals surface area contributed by atoms with E-state index < -0.39 is 0 Å². The Morgan fingerprint density at radius 3 is 2.56 bits per heavy atom. The molecule has 0 spiro atoms. The van der Waals surface area contributed by atoms with Crippen molar-refractivity contribution in [3.63, 3.8) is 0 Å². The first-order valence-electron chi connectivity index (χ1n) is 17.4. The molecule has 0 bridgehead atoms. The molecule has 10 aliphatic rings. The number of hydrogen-bond donors (Lipinski definition) is 0. The van der Waals surface area contributed by atoms with Gasteiger partial charge < -0.3 is 4.90 Å². The Labute approximate surface area is 266 Å². The largest absolute Gasteiger partial charge is 0.344 e. The van der Waals surface area contributed by atoms with Gasteiger partial charge in [0.05, 0.1) is 0 Å². The van der Waals surface area contributed by atoms with E-state index in [0.29, 0.717) is 46.1 Å². The Morgan fingerprint density at radius 1 is 0.744 bits per heavy atom. The number of allylic oxidation sites excluding steroid dienone is 16. The number of likely N-dealkylation sites (tertiary alicyclic amines) is 1. The topological polar surface area (TPSA) is 3.24 Å². The van der Waals surface area contributed by atoms with Gasteiger partial charge in [0.1, 0.15) is 0 Å². The lowest BCUT2D eigenvalue weighted by Gasteiger charge is -2.47. The minimum atomic E-state index is 0.566. The van der Waals surface area contributed by atoms with Crippen molar-refractivity contribution in [3.8, 4) is 0 Å². The van der Waals surface area contributed by atoms with E-state index in [1.54, 1.807) is 37.9 Å². The zero-order valence-electron chi connectivity index (χ0n) is 25.1. The van der Waals surface area contributed by atoms with Crippen LogP contribution >= 0.6 is 23.5 Å². The summed E-state index contributed by atoms with van der Waals surface area (Å²) in [7, 11) is 0. The van der Waals surface area contributed by atoms with Crippen LogP contribution in [-0.4, -0.2) is 21.4 Å². The lowest BCUT2D eigenvalue weighted by atomic mass is 9.61. The molecule has 2 fully saturated rings. The summed E-state index contributed by atoms with van der Waals surface area (Å²) in [6, 6.07) is 0.596. The quantitative estimate of drug-likeness (QED) is 0.290. The van der Waals surface area contributed by atoms with Crippen LogP contribution in [0.5, 0.6) is 0 Å². The summed E-state index contributed by atoms with van der Waals surface area (Å²) in [4.78, 5) is 6.32. The number of fused-ring (bicyclic) bond motifs is 11. The third-order valence-corrected chi connectivity index (χ3v) is 15.6. The highest BCUT2D eigenvalue weighted by atomic mass is 32.2. The minimum absolute atomic E-state index is 0.566. The second kappa shape index (κ2) is 10.2. The van der Waals surface area contributed by atoms with Gasteiger partial charge in [0, 0.05) is 51.6 Å². The predicted molar refractivity (Wildman–Crippen MR) is 183 cm³/mol. The Balaban J connectivity index is 0.982. The van der Waals surface area contributed by atoms with E-state index in [9.17, 15) is 0 Å². The fourth-order valence-electron chi connectivity index (χ4n) is 10.8. The molecule has 3 heterocycles. The van der Waals surface area contributed by atoms with Crippen molar-refractivity contribution in [3.05, 3.63) is 117 Å². The van der Waals surface area contributed by atoms with E-state index >= 15 is 0 Å². The molecular weight excluding hydrogens is 559 g/mol. The lowest BCUT2D eigenvalue weighted by molar-refractivity contribution is 0.142. The van der Waals surface area contributed by atoms with Gasteiger partial charge in [-0.15, -0.1) is 23.5 Å². The van der Waals surface area contributed by atoms with Gasteiger partial charge in [-0.1, -0.05) is 72.9 Å². The van der Waals surface area contributed by atoms with Crippen molar-refractivity contribution < 1.29 is 0 Å². The number of hydrogen-bond acceptors (Lipinski definition) is 3. The van der Waals surface area contributed by atoms with Crippen LogP contribution in [0.25, 0.3) is 0 Å². The molecule has 2 saturated heterocycles. The molecule has 220 valence electrons. The Bertz CT molecular complexity index is 1560. The Kier molecular flexibility index (Phi) is 6.21. The average molecular weight is 602 g/mol. The van der Waals surface area contributed by atoms with Gasteiger partial charge in [-0.25, -0.2) is 0 Å². The molecule has 7 aliphatic carbocycles. The predicted octanol–water partition coefficient (Wildman–Crippen LogP) is 10.2. The number of nitrogens with zero attached hydrogens (tertiary/aromatic N) is 1. The van der Waals surface area contributed by atoms with E-state index in [4.69, 9.17) is 0 Å². The Morgan fingerprint density at radius 2 is 1.63 bits per heavy atom. The molecule has 0 N–H and O–H groups in total. The van der Waals surface area contributed by atoms with E-state index in [1.807, 2.05) is 0 Å². The fourth-order valence-corrected chi connectivity index (χ4v) is 14.1. The maximum atomic E-state index is 2.93. The molecule has 0 saturated carbocycles. The standard InChI is InChI=1S/C40H43NS2/c1-4-13-34-27(8-1)30-21-20-29-31(22-23-37-38(29)33-10-3-6-15-36(33)42-37)39(30)41(34)25-18-16-24(17-19-25)26-11-7-12-32-28-9-2-5-14-35(28)43-40(26)32/h2,7,9,11-13,15-16,18,20-23,27,29-33,37-40H,1,3-6,8,10,14,17,19H2. The van der Waals surface area contributed by atoms with Gasteiger partial charge in [0.25, 0.3) is 0 Å². The van der Waals surface area contributed by atoms with E-state index in [1.165, 1.54) is 64.2 Å². The molecule has 0 aromatic carbocycles. The molecule has 1 nitrogen and oxygen atoms in total. The smallest absolute Gasteiger partial charge is 0.0473 e. The van der Waals surface area contributed by atoms with Crippen LogP contribution in [0.4, 0.5) is 0 Å². The van der Waals surface area contributed by atoms with Gasteiger partial charge in [-0.3, -0.25) is 0 Å². The second-order valence-corrected chi connectivity index (χ2v) is 17.1. The van der Waals surface area contributed by atoms with Crippen molar-refractivity contribution in [2.45, 2.75) is 80.7 Å². The van der Waals surface area contributed by atoms with Crippen LogP contribution in [-0.2, 0) is 0 Å². The van der Waals surface area contributed by atoms with Crippen molar-refractivity contribution in [1.29, 1.82) is 0 Å². The van der Waals surface area contributed by atoms with E-state index in [0.717, 1.165) is 11.8 Å². The maximum Gasteiger partial charge on any atom is 0.0473 e. The monoisotopic (exact) mass is 601 g/mol. The summed E-state index contributed by atoms with van der Waals surface area (Å²) in [5, 5.41) is 1.27. The highest BCUT2D eigenvalue weighted by Gasteiger charge is 2.56. The summed E-state index contributed by atoms with van der Waals surface area (Å²) in [5.41, 5.74) is 8.07. The first-order valence-corrected chi connectivity index (χ1v) is 19.2. The molecule has 3 aliphatic heterocycles. The zero-order chi connectivity index (χ0) is 28.1. The Hall–Kier alpha value is -2.10. The molecule has 0 amide bonds. The summed E-state index contributed by atoms with van der Waals surface area (Å²) >= 11 is 4.38. The first kappa shape index (κ1) is 26.1. The third kappa shape index (κ3) is 3.92. The zero-order valence-corrected chi connectivity index (χ0v) is 26.7. The molecule has 10 rings (SSSR count). The molecule has 43 heavy (non-hydrogen) atoms. The molecule has 0 aromatic rings. The second-order valence-electron chi connectivity index (χ2n) is 14.6. The van der Waals surface area contributed by atoms with Crippen molar-refractivity contribution in [1.82, 2.24) is 4.90 Å². The first-order chi connectivity index (χ1) is 21.3. The van der Waals surface area contributed by atoms with Gasteiger partial charge >= 0.3 is 0 Å². The summed E-state index contributed by atoms with van der Waals surface area (Å²) in [6.45, 7) is 0. The van der Waals surface area contributed by atoms with Crippen molar-refractivity contribution >= 4 is 23.5 Å².